The van der Waals surface area contributed by atoms with Gasteiger partial charge in [0.25, 0.3) is 5.56 Å². The number of H-pyrrole nitrogens is 1. The molecule has 5 heteroatoms. The number of hydrogen-bond acceptors (Lipinski definition) is 3. The number of amides is 1. The summed E-state index contributed by atoms with van der Waals surface area (Å²) in [5, 5.41) is 6.25. The molecule has 0 unspecified atom stereocenters. The first kappa shape index (κ1) is 14.8. The standard InChI is InChI=1S/C15H23N3O2/c1-10-7-11(2)18-15(20)13(10)8-14(19)17-9-12-3-5-16-6-4-12/h7,12,16H,3-6,8-9H2,1-2H3,(H,17,19)(H,18,20). The number of rotatable bonds is 4. The number of nitrogens with one attached hydrogen (secondary N) is 3. The van der Waals surface area contributed by atoms with E-state index in [1.807, 2.05) is 19.9 Å². The SMILES string of the molecule is Cc1cc(C)c(CC(=O)NCC2CCNCC2)c(=O)[nH]1. The molecule has 1 saturated heterocycles. The quantitative estimate of drug-likeness (QED) is 0.756. The summed E-state index contributed by atoms with van der Waals surface area (Å²) >= 11 is 0. The minimum atomic E-state index is -0.153. The van der Waals surface area contributed by atoms with Gasteiger partial charge in [-0.3, -0.25) is 9.59 Å². The first-order valence-electron chi connectivity index (χ1n) is 7.23. The molecule has 0 bridgehead atoms. The lowest BCUT2D eigenvalue weighted by molar-refractivity contribution is -0.120. The number of carbonyl (C=O) groups is 1. The summed E-state index contributed by atoms with van der Waals surface area (Å²) < 4.78 is 0. The highest BCUT2D eigenvalue weighted by Crippen LogP contribution is 2.10. The van der Waals surface area contributed by atoms with E-state index in [1.165, 1.54) is 0 Å². The molecule has 110 valence electrons. The van der Waals surface area contributed by atoms with Gasteiger partial charge in [0.2, 0.25) is 5.91 Å². The highest BCUT2D eigenvalue weighted by Gasteiger charge is 2.15. The van der Waals surface area contributed by atoms with Crippen LogP contribution in [0.15, 0.2) is 10.9 Å². The lowest BCUT2D eigenvalue weighted by Gasteiger charge is -2.22. The highest BCUT2D eigenvalue weighted by atomic mass is 16.2. The van der Waals surface area contributed by atoms with Gasteiger partial charge in [-0.25, -0.2) is 0 Å². The molecule has 1 aliphatic rings. The zero-order valence-electron chi connectivity index (χ0n) is 12.2. The van der Waals surface area contributed by atoms with Gasteiger partial charge in [-0.1, -0.05) is 0 Å². The van der Waals surface area contributed by atoms with Gasteiger partial charge in [0.15, 0.2) is 0 Å². The third kappa shape index (κ3) is 3.93. The minimum absolute atomic E-state index is 0.0685. The number of aryl methyl sites for hydroxylation is 2. The lowest BCUT2D eigenvalue weighted by atomic mass is 9.98. The Kier molecular flexibility index (Phi) is 4.95. The maximum absolute atomic E-state index is 12.0. The molecule has 2 heterocycles. The van der Waals surface area contributed by atoms with Gasteiger partial charge in [0.1, 0.15) is 0 Å². The number of aromatic nitrogens is 1. The average Bonchev–Trinajstić information content (AvgIpc) is 2.42. The molecule has 1 aromatic heterocycles. The summed E-state index contributed by atoms with van der Waals surface area (Å²) in [5.41, 5.74) is 2.12. The van der Waals surface area contributed by atoms with E-state index in [9.17, 15) is 9.59 Å². The Labute approximate surface area is 119 Å². The third-order valence-electron chi connectivity index (χ3n) is 3.88. The zero-order chi connectivity index (χ0) is 14.5. The molecule has 1 fully saturated rings. The molecule has 20 heavy (non-hydrogen) atoms. The van der Waals surface area contributed by atoms with Gasteiger partial charge in [-0.2, -0.15) is 0 Å². The number of pyridine rings is 1. The van der Waals surface area contributed by atoms with Crippen LogP contribution >= 0.6 is 0 Å². The maximum Gasteiger partial charge on any atom is 0.252 e. The van der Waals surface area contributed by atoms with E-state index in [1.54, 1.807) is 0 Å². The van der Waals surface area contributed by atoms with E-state index in [-0.39, 0.29) is 17.9 Å². The molecule has 0 radical (unpaired) electrons. The largest absolute Gasteiger partial charge is 0.356 e. The Bertz CT molecular complexity index is 530. The van der Waals surface area contributed by atoms with E-state index in [4.69, 9.17) is 0 Å². The van der Waals surface area contributed by atoms with Crippen LogP contribution in [0.1, 0.15) is 29.7 Å². The lowest BCUT2D eigenvalue weighted by Crippen LogP contribution is -2.37. The number of carbonyl (C=O) groups excluding carboxylic acids is 1. The van der Waals surface area contributed by atoms with Gasteiger partial charge < -0.3 is 15.6 Å². The predicted octanol–water partition coefficient (Wildman–Crippen LogP) is 0.650. The van der Waals surface area contributed by atoms with Crippen LogP contribution in [0.25, 0.3) is 0 Å². The second-order valence-corrected chi connectivity index (χ2v) is 5.62. The van der Waals surface area contributed by atoms with Crippen LogP contribution in [-0.2, 0) is 11.2 Å². The van der Waals surface area contributed by atoms with Crippen molar-refractivity contribution in [3.05, 3.63) is 33.2 Å². The van der Waals surface area contributed by atoms with Gasteiger partial charge in [-0.05, 0) is 57.3 Å². The Morgan fingerprint density at radius 2 is 2.05 bits per heavy atom. The number of aromatic amines is 1. The van der Waals surface area contributed by atoms with Crippen LogP contribution in [0.5, 0.6) is 0 Å². The molecule has 0 aromatic carbocycles. The van der Waals surface area contributed by atoms with Crippen LogP contribution < -0.4 is 16.2 Å². The molecular formula is C15H23N3O2. The maximum atomic E-state index is 12.0. The van der Waals surface area contributed by atoms with Gasteiger partial charge in [0, 0.05) is 17.8 Å². The van der Waals surface area contributed by atoms with Crippen LogP contribution in [0.2, 0.25) is 0 Å². The molecule has 1 aliphatic heterocycles. The first-order chi connectivity index (χ1) is 9.56. The fourth-order valence-corrected chi connectivity index (χ4v) is 2.67. The second kappa shape index (κ2) is 6.70. The number of piperidine rings is 1. The second-order valence-electron chi connectivity index (χ2n) is 5.62. The van der Waals surface area contributed by atoms with E-state index in [0.717, 1.165) is 37.2 Å². The average molecular weight is 277 g/mol. The Balaban J connectivity index is 1.89. The van der Waals surface area contributed by atoms with Crippen molar-refractivity contribution in [3.63, 3.8) is 0 Å². The van der Waals surface area contributed by atoms with Crippen molar-refractivity contribution >= 4 is 5.91 Å². The van der Waals surface area contributed by atoms with Crippen molar-refractivity contribution in [3.8, 4) is 0 Å². The van der Waals surface area contributed by atoms with Gasteiger partial charge >= 0.3 is 0 Å². The summed E-state index contributed by atoms with van der Waals surface area (Å²) in [6, 6.07) is 1.90. The molecule has 2 rings (SSSR count). The fourth-order valence-electron chi connectivity index (χ4n) is 2.67. The monoisotopic (exact) mass is 277 g/mol. The van der Waals surface area contributed by atoms with Crippen molar-refractivity contribution in [1.82, 2.24) is 15.6 Å². The number of hydrogen-bond donors (Lipinski definition) is 3. The molecular weight excluding hydrogens is 254 g/mol. The Morgan fingerprint density at radius 3 is 2.70 bits per heavy atom. The van der Waals surface area contributed by atoms with E-state index >= 15 is 0 Å². The summed E-state index contributed by atoms with van der Waals surface area (Å²) in [4.78, 5) is 26.6. The van der Waals surface area contributed by atoms with Crippen LogP contribution in [0, 0.1) is 19.8 Å². The van der Waals surface area contributed by atoms with Crippen molar-refractivity contribution in [2.24, 2.45) is 5.92 Å². The topological polar surface area (TPSA) is 74.0 Å². The van der Waals surface area contributed by atoms with Gasteiger partial charge in [0.05, 0.1) is 6.42 Å². The van der Waals surface area contributed by atoms with Gasteiger partial charge in [-0.15, -0.1) is 0 Å². The predicted molar refractivity (Wildman–Crippen MR) is 78.8 cm³/mol. The molecule has 3 N–H and O–H groups in total. The zero-order valence-corrected chi connectivity index (χ0v) is 12.2. The Hall–Kier alpha value is -1.62. The van der Waals surface area contributed by atoms with Crippen molar-refractivity contribution in [2.45, 2.75) is 33.1 Å². The van der Waals surface area contributed by atoms with Crippen molar-refractivity contribution in [1.29, 1.82) is 0 Å². The normalized spacial score (nSPS) is 16.1. The van der Waals surface area contributed by atoms with E-state index < -0.39 is 0 Å². The van der Waals surface area contributed by atoms with Crippen molar-refractivity contribution in [2.75, 3.05) is 19.6 Å². The van der Waals surface area contributed by atoms with Crippen LogP contribution in [0.3, 0.4) is 0 Å². The molecule has 0 atom stereocenters. The highest BCUT2D eigenvalue weighted by molar-refractivity contribution is 5.78. The third-order valence-corrected chi connectivity index (χ3v) is 3.88. The van der Waals surface area contributed by atoms with Crippen LogP contribution in [0.4, 0.5) is 0 Å². The van der Waals surface area contributed by atoms with E-state index in [0.29, 0.717) is 18.0 Å². The summed E-state index contributed by atoms with van der Waals surface area (Å²) in [5.74, 6) is 0.485. The molecule has 0 aliphatic carbocycles. The summed E-state index contributed by atoms with van der Waals surface area (Å²) in [6.45, 7) is 6.48. The first-order valence-corrected chi connectivity index (χ1v) is 7.23. The summed E-state index contributed by atoms with van der Waals surface area (Å²) in [7, 11) is 0. The minimum Gasteiger partial charge on any atom is -0.356 e. The Morgan fingerprint density at radius 1 is 1.35 bits per heavy atom. The molecule has 0 saturated carbocycles. The van der Waals surface area contributed by atoms with E-state index in [2.05, 4.69) is 15.6 Å². The molecule has 1 aromatic rings. The van der Waals surface area contributed by atoms with Crippen LogP contribution in [-0.4, -0.2) is 30.5 Å². The van der Waals surface area contributed by atoms with Crippen molar-refractivity contribution < 1.29 is 4.79 Å². The molecule has 1 amide bonds. The fraction of sp³-hybridized carbons (Fsp3) is 0.600. The summed E-state index contributed by atoms with van der Waals surface area (Å²) in [6.07, 6.45) is 2.36. The molecule has 0 spiro atoms. The smallest absolute Gasteiger partial charge is 0.252 e. The molecule has 5 nitrogen and oxygen atoms in total.